The molecule has 5 atom stereocenters. The molecule has 3 rings (SSSR count). The molecule has 10 heteroatoms. The molecule has 2 aliphatic heterocycles. The van der Waals surface area contributed by atoms with E-state index in [0.29, 0.717) is 12.0 Å². The molecule has 1 fully saturated rings. The van der Waals surface area contributed by atoms with Crippen LogP contribution in [0.3, 0.4) is 0 Å². The Kier molecular flexibility index (Phi) is 7.30. The summed E-state index contributed by atoms with van der Waals surface area (Å²) in [5, 5.41) is 39.6. The molecule has 182 valence electrons. The number of cyclic esters (lactones) is 1. The van der Waals surface area contributed by atoms with E-state index < -0.39 is 47.9 Å². The maximum absolute atomic E-state index is 12.9. The Bertz CT molecular complexity index is 917. The van der Waals surface area contributed by atoms with Crippen LogP contribution >= 0.6 is 0 Å². The highest BCUT2D eigenvalue weighted by Gasteiger charge is 2.41. The van der Waals surface area contributed by atoms with Gasteiger partial charge in [0, 0.05) is 18.9 Å². The first-order valence-electron chi connectivity index (χ1n) is 11.1. The molecule has 1 aromatic rings. The Balaban J connectivity index is 1.73. The molecule has 0 spiro atoms. The number of ether oxygens (including phenoxy) is 1. The summed E-state index contributed by atoms with van der Waals surface area (Å²) in [4.78, 5) is 37.3. The van der Waals surface area contributed by atoms with Crippen molar-refractivity contribution in [1.29, 1.82) is 0 Å². The number of phenols is 1. The van der Waals surface area contributed by atoms with Crippen molar-refractivity contribution in [3.8, 4) is 5.75 Å². The SMILES string of the molecule is CC(C)C[C@H](NC(=O)[C@@H](O)[C@H](O)[C@H]1CC(=O)NC(C)(C)N1)[C@H]1Cc2cccc(O)c2C(=O)O1. The minimum Gasteiger partial charge on any atom is -0.507 e. The number of benzene rings is 1. The van der Waals surface area contributed by atoms with E-state index in [9.17, 15) is 29.7 Å². The normalized spacial score (nSPS) is 24.8. The van der Waals surface area contributed by atoms with Crippen LogP contribution in [0.5, 0.6) is 5.75 Å². The summed E-state index contributed by atoms with van der Waals surface area (Å²) in [6.07, 6.45) is -3.39. The van der Waals surface area contributed by atoms with Crippen LogP contribution in [-0.2, 0) is 20.7 Å². The number of nitrogens with one attached hydrogen (secondary N) is 3. The Morgan fingerprint density at radius 3 is 2.58 bits per heavy atom. The van der Waals surface area contributed by atoms with Crippen molar-refractivity contribution in [2.24, 2.45) is 5.92 Å². The zero-order valence-corrected chi connectivity index (χ0v) is 19.3. The van der Waals surface area contributed by atoms with Gasteiger partial charge in [-0.15, -0.1) is 0 Å². The Morgan fingerprint density at radius 2 is 1.94 bits per heavy atom. The highest BCUT2D eigenvalue weighted by atomic mass is 16.5. The summed E-state index contributed by atoms with van der Waals surface area (Å²) in [6.45, 7) is 7.31. The fraction of sp³-hybridized carbons (Fsp3) is 0.609. The van der Waals surface area contributed by atoms with Crippen LogP contribution < -0.4 is 16.0 Å². The molecule has 6 N–H and O–H groups in total. The molecule has 2 aliphatic rings. The predicted molar refractivity (Wildman–Crippen MR) is 118 cm³/mol. The average Bonchev–Trinajstić information content (AvgIpc) is 2.70. The number of aliphatic hydroxyl groups excluding tert-OH is 2. The Morgan fingerprint density at radius 1 is 1.24 bits per heavy atom. The van der Waals surface area contributed by atoms with Gasteiger partial charge in [0.05, 0.1) is 11.7 Å². The monoisotopic (exact) mass is 463 g/mol. The number of aliphatic hydroxyl groups is 2. The van der Waals surface area contributed by atoms with E-state index in [0.717, 1.165) is 0 Å². The van der Waals surface area contributed by atoms with Gasteiger partial charge in [0.2, 0.25) is 5.91 Å². The number of phenolic OH excluding ortho intramolecular Hbond substituents is 1. The lowest BCUT2D eigenvalue weighted by Crippen LogP contribution is -2.68. The lowest BCUT2D eigenvalue weighted by atomic mass is 9.90. The average molecular weight is 464 g/mol. The van der Waals surface area contributed by atoms with Crippen molar-refractivity contribution >= 4 is 17.8 Å². The van der Waals surface area contributed by atoms with Crippen LogP contribution in [0, 0.1) is 5.92 Å². The summed E-state index contributed by atoms with van der Waals surface area (Å²) in [6, 6.07) is 3.32. The van der Waals surface area contributed by atoms with E-state index in [4.69, 9.17) is 4.74 Å². The second kappa shape index (κ2) is 9.66. The van der Waals surface area contributed by atoms with Crippen LogP contribution in [0.25, 0.3) is 0 Å². The number of amides is 2. The van der Waals surface area contributed by atoms with E-state index in [1.54, 1.807) is 26.0 Å². The quantitative estimate of drug-likeness (QED) is 0.307. The molecule has 0 bridgehead atoms. The van der Waals surface area contributed by atoms with Gasteiger partial charge in [-0.3, -0.25) is 14.9 Å². The van der Waals surface area contributed by atoms with E-state index in [-0.39, 0.29) is 36.0 Å². The Hall–Kier alpha value is -2.69. The molecular formula is C23H33N3O7. The van der Waals surface area contributed by atoms with E-state index in [1.807, 2.05) is 13.8 Å². The third-order valence-corrected chi connectivity index (χ3v) is 5.92. The standard InChI is InChI=1S/C23H33N3O7/c1-11(2)8-13(16-9-12-6-5-7-15(27)18(12)22(32)33-16)24-21(31)20(30)19(29)14-10-17(28)26-23(3,4)25-14/h5-7,11,13-14,16,19-20,25,27,29-30H,8-10H2,1-4H3,(H,24,31)(H,26,28)/t13-,14+,16+,19+,20-/m0/s1. The summed E-state index contributed by atoms with van der Waals surface area (Å²) < 4.78 is 5.53. The maximum Gasteiger partial charge on any atom is 0.342 e. The van der Waals surface area contributed by atoms with Gasteiger partial charge in [-0.25, -0.2) is 4.79 Å². The second-order valence-electron chi connectivity index (χ2n) is 9.77. The van der Waals surface area contributed by atoms with Gasteiger partial charge in [-0.05, 0) is 37.8 Å². The van der Waals surface area contributed by atoms with Crippen molar-refractivity contribution in [1.82, 2.24) is 16.0 Å². The van der Waals surface area contributed by atoms with Crippen molar-refractivity contribution in [2.45, 2.75) is 83.0 Å². The van der Waals surface area contributed by atoms with Crippen molar-refractivity contribution in [3.63, 3.8) is 0 Å². The number of hydrogen-bond donors (Lipinski definition) is 6. The molecule has 1 saturated heterocycles. The minimum atomic E-state index is -1.80. The summed E-state index contributed by atoms with van der Waals surface area (Å²) in [5.41, 5.74) is -0.0744. The van der Waals surface area contributed by atoms with Crippen molar-refractivity contribution < 1.29 is 34.4 Å². The van der Waals surface area contributed by atoms with E-state index >= 15 is 0 Å². The van der Waals surface area contributed by atoms with E-state index in [1.165, 1.54) is 6.07 Å². The summed E-state index contributed by atoms with van der Waals surface area (Å²) >= 11 is 0. The molecule has 33 heavy (non-hydrogen) atoms. The van der Waals surface area contributed by atoms with Crippen LogP contribution in [0.15, 0.2) is 18.2 Å². The van der Waals surface area contributed by atoms with Gasteiger partial charge in [-0.1, -0.05) is 26.0 Å². The van der Waals surface area contributed by atoms with Crippen LogP contribution in [0.2, 0.25) is 0 Å². The number of fused-ring (bicyclic) bond motifs is 1. The highest BCUT2D eigenvalue weighted by Crippen LogP contribution is 2.30. The van der Waals surface area contributed by atoms with Crippen molar-refractivity contribution in [2.75, 3.05) is 0 Å². The molecule has 10 nitrogen and oxygen atoms in total. The number of carbonyl (C=O) groups excluding carboxylic acids is 3. The van der Waals surface area contributed by atoms with Gasteiger partial charge < -0.3 is 30.7 Å². The van der Waals surface area contributed by atoms with Crippen LogP contribution in [0.1, 0.15) is 56.5 Å². The van der Waals surface area contributed by atoms with Gasteiger partial charge in [0.25, 0.3) is 5.91 Å². The molecule has 0 aromatic heterocycles. The topological polar surface area (TPSA) is 157 Å². The first-order valence-corrected chi connectivity index (χ1v) is 11.1. The fourth-order valence-electron chi connectivity index (χ4n) is 4.48. The first-order chi connectivity index (χ1) is 15.4. The zero-order valence-electron chi connectivity index (χ0n) is 19.3. The smallest absolute Gasteiger partial charge is 0.342 e. The summed E-state index contributed by atoms with van der Waals surface area (Å²) in [7, 11) is 0. The highest BCUT2D eigenvalue weighted by molar-refractivity contribution is 5.95. The molecule has 0 radical (unpaired) electrons. The molecule has 0 saturated carbocycles. The first kappa shape index (κ1) is 24.9. The third-order valence-electron chi connectivity index (χ3n) is 5.92. The third kappa shape index (κ3) is 5.82. The van der Waals surface area contributed by atoms with Crippen LogP contribution in [-0.4, -0.2) is 69.2 Å². The number of rotatable bonds is 7. The minimum absolute atomic E-state index is 0.0924. The maximum atomic E-state index is 12.9. The Labute approximate surface area is 192 Å². The molecule has 1 aromatic carbocycles. The number of carbonyl (C=O) groups is 3. The van der Waals surface area contributed by atoms with Gasteiger partial charge in [-0.2, -0.15) is 0 Å². The van der Waals surface area contributed by atoms with Crippen LogP contribution in [0.4, 0.5) is 0 Å². The lowest BCUT2D eigenvalue weighted by molar-refractivity contribution is -0.142. The predicted octanol–water partition coefficient (Wildman–Crippen LogP) is -0.0594. The molecule has 0 aliphatic carbocycles. The second-order valence-corrected chi connectivity index (χ2v) is 9.77. The molecular weight excluding hydrogens is 430 g/mol. The zero-order chi connectivity index (χ0) is 24.5. The van der Waals surface area contributed by atoms with E-state index in [2.05, 4.69) is 16.0 Å². The van der Waals surface area contributed by atoms with Gasteiger partial charge in [0.15, 0.2) is 6.10 Å². The number of hydrogen-bond acceptors (Lipinski definition) is 8. The largest absolute Gasteiger partial charge is 0.507 e. The molecule has 2 amide bonds. The molecule has 0 unspecified atom stereocenters. The lowest BCUT2D eigenvalue weighted by Gasteiger charge is -2.40. The summed E-state index contributed by atoms with van der Waals surface area (Å²) in [5.74, 6) is -1.83. The van der Waals surface area contributed by atoms with Gasteiger partial charge in [0.1, 0.15) is 23.5 Å². The fourth-order valence-corrected chi connectivity index (χ4v) is 4.48. The molecule has 2 heterocycles. The number of aromatic hydroxyl groups is 1. The van der Waals surface area contributed by atoms with Gasteiger partial charge >= 0.3 is 5.97 Å². The number of esters is 1. The van der Waals surface area contributed by atoms with Crippen molar-refractivity contribution in [3.05, 3.63) is 29.3 Å².